The topological polar surface area (TPSA) is 54.0 Å². The largest absolute Gasteiger partial charge is 0.381 e. The van der Waals surface area contributed by atoms with Gasteiger partial charge in [0, 0.05) is 10.9 Å². The van der Waals surface area contributed by atoms with E-state index in [1.165, 1.54) is 12.8 Å². The van der Waals surface area contributed by atoms with Crippen molar-refractivity contribution in [1.82, 2.24) is 4.98 Å². The fraction of sp³-hybridized carbons (Fsp3) is 0.286. The van der Waals surface area contributed by atoms with Crippen LogP contribution in [-0.4, -0.2) is 16.9 Å². The van der Waals surface area contributed by atoms with Gasteiger partial charge in [-0.3, -0.25) is 4.79 Å². The first-order valence-electron chi connectivity index (χ1n) is 6.34. The van der Waals surface area contributed by atoms with E-state index in [4.69, 9.17) is 0 Å². The molecular formula is C14H15N3OS. The third-order valence-corrected chi connectivity index (χ3v) is 3.77. The average molecular weight is 273 g/mol. The SMILES string of the molecule is O=C(Cc1cccs1)Nc1ccc(NC2CC2)cn1. The number of hydrogen-bond donors (Lipinski definition) is 2. The highest BCUT2D eigenvalue weighted by Crippen LogP contribution is 2.24. The zero-order valence-corrected chi connectivity index (χ0v) is 11.2. The summed E-state index contributed by atoms with van der Waals surface area (Å²) >= 11 is 1.59. The Labute approximate surface area is 115 Å². The first-order chi connectivity index (χ1) is 9.29. The van der Waals surface area contributed by atoms with Crippen molar-refractivity contribution in [2.24, 2.45) is 0 Å². The predicted molar refractivity (Wildman–Crippen MR) is 77.5 cm³/mol. The molecule has 2 aromatic heterocycles. The van der Waals surface area contributed by atoms with Gasteiger partial charge in [-0.25, -0.2) is 4.98 Å². The summed E-state index contributed by atoms with van der Waals surface area (Å²) in [5.41, 5.74) is 1.01. The van der Waals surface area contributed by atoms with Gasteiger partial charge in [0.25, 0.3) is 0 Å². The van der Waals surface area contributed by atoms with E-state index in [0.29, 0.717) is 18.3 Å². The lowest BCUT2D eigenvalue weighted by Gasteiger charge is -2.06. The van der Waals surface area contributed by atoms with Gasteiger partial charge in [0.05, 0.1) is 18.3 Å². The lowest BCUT2D eigenvalue weighted by molar-refractivity contribution is -0.115. The van der Waals surface area contributed by atoms with Gasteiger partial charge < -0.3 is 10.6 Å². The van der Waals surface area contributed by atoms with E-state index >= 15 is 0 Å². The number of nitrogens with zero attached hydrogens (tertiary/aromatic N) is 1. The molecule has 1 fully saturated rings. The molecule has 98 valence electrons. The van der Waals surface area contributed by atoms with Gasteiger partial charge in [-0.1, -0.05) is 6.07 Å². The third kappa shape index (κ3) is 3.54. The Kier molecular flexibility index (Phi) is 3.46. The molecule has 0 spiro atoms. The number of amides is 1. The minimum absolute atomic E-state index is 0.0298. The molecule has 2 heterocycles. The summed E-state index contributed by atoms with van der Waals surface area (Å²) in [6.07, 6.45) is 4.64. The fourth-order valence-electron chi connectivity index (χ4n) is 1.78. The first kappa shape index (κ1) is 12.2. The van der Waals surface area contributed by atoms with Crippen molar-refractivity contribution in [2.45, 2.75) is 25.3 Å². The zero-order chi connectivity index (χ0) is 13.1. The molecule has 4 nitrogen and oxygen atoms in total. The molecule has 0 bridgehead atoms. The summed E-state index contributed by atoms with van der Waals surface area (Å²) in [4.78, 5) is 17.1. The number of pyridine rings is 1. The molecule has 2 N–H and O–H groups in total. The molecule has 1 aliphatic rings. The molecule has 19 heavy (non-hydrogen) atoms. The van der Waals surface area contributed by atoms with Crippen molar-refractivity contribution in [3.63, 3.8) is 0 Å². The van der Waals surface area contributed by atoms with E-state index in [1.54, 1.807) is 17.5 Å². The lowest BCUT2D eigenvalue weighted by atomic mass is 10.3. The Hall–Kier alpha value is -1.88. The van der Waals surface area contributed by atoms with E-state index in [9.17, 15) is 4.79 Å². The highest BCUT2D eigenvalue weighted by molar-refractivity contribution is 7.10. The highest BCUT2D eigenvalue weighted by atomic mass is 32.1. The van der Waals surface area contributed by atoms with Crippen LogP contribution >= 0.6 is 11.3 Å². The molecule has 1 amide bonds. The Morgan fingerprint density at radius 3 is 2.89 bits per heavy atom. The van der Waals surface area contributed by atoms with Crippen molar-refractivity contribution in [3.05, 3.63) is 40.7 Å². The van der Waals surface area contributed by atoms with Crippen molar-refractivity contribution >= 4 is 28.7 Å². The first-order valence-corrected chi connectivity index (χ1v) is 7.22. The van der Waals surface area contributed by atoms with Crippen LogP contribution in [0.1, 0.15) is 17.7 Å². The van der Waals surface area contributed by atoms with E-state index in [1.807, 2.05) is 29.6 Å². The molecule has 0 unspecified atom stereocenters. The molecule has 1 saturated carbocycles. The number of nitrogens with one attached hydrogen (secondary N) is 2. The lowest BCUT2D eigenvalue weighted by Crippen LogP contribution is -2.14. The van der Waals surface area contributed by atoms with E-state index in [2.05, 4.69) is 15.6 Å². The summed E-state index contributed by atoms with van der Waals surface area (Å²) in [5, 5.41) is 8.14. The summed E-state index contributed by atoms with van der Waals surface area (Å²) < 4.78 is 0. The molecule has 0 radical (unpaired) electrons. The second-order valence-electron chi connectivity index (χ2n) is 4.66. The Balaban J connectivity index is 1.55. The Morgan fingerprint density at radius 1 is 1.37 bits per heavy atom. The predicted octanol–water partition coefficient (Wildman–Crippen LogP) is 2.90. The van der Waals surface area contributed by atoms with Crippen LogP contribution < -0.4 is 10.6 Å². The van der Waals surface area contributed by atoms with Crippen LogP contribution in [0.4, 0.5) is 11.5 Å². The molecule has 5 heteroatoms. The summed E-state index contributed by atoms with van der Waals surface area (Å²) in [6, 6.07) is 8.30. The van der Waals surface area contributed by atoms with Crippen LogP contribution in [0.2, 0.25) is 0 Å². The molecular weight excluding hydrogens is 258 g/mol. The standard InChI is InChI=1S/C14H15N3OS/c18-14(8-12-2-1-7-19-12)17-13-6-5-11(9-15-13)16-10-3-4-10/h1-2,5-7,9-10,16H,3-4,8H2,(H,15,17,18). The minimum Gasteiger partial charge on any atom is -0.381 e. The van der Waals surface area contributed by atoms with Gasteiger partial charge in [-0.15, -0.1) is 11.3 Å². The normalized spacial score (nSPS) is 14.1. The molecule has 0 aliphatic heterocycles. The monoisotopic (exact) mass is 273 g/mol. The number of anilines is 2. The zero-order valence-electron chi connectivity index (χ0n) is 10.4. The molecule has 0 atom stereocenters. The highest BCUT2D eigenvalue weighted by Gasteiger charge is 2.20. The van der Waals surface area contributed by atoms with E-state index in [0.717, 1.165) is 10.6 Å². The van der Waals surface area contributed by atoms with Gasteiger partial charge in [0.15, 0.2) is 0 Å². The maximum absolute atomic E-state index is 11.8. The number of hydrogen-bond acceptors (Lipinski definition) is 4. The smallest absolute Gasteiger partial charge is 0.230 e. The summed E-state index contributed by atoms with van der Waals surface area (Å²) in [5.74, 6) is 0.570. The van der Waals surface area contributed by atoms with E-state index < -0.39 is 0 Å². The quantitative estimate of drug-likeness (QED) is 0.880. The Morgan fingerprint density at radius 2 is 2.26 bits per heavy atom. The maximum atomic E-state index is 11.8. The minimum atomic E-state index is -0.0298. The molecule has 3 rings (SSSR count). The number of carbonyl (C=O) groups excluding carboxylic acids is 1. The second kappa shape index (κ2) is 5.40. The third-order valence-electron chi connectivity index (χ3n) is 2.89. The van der Waals surface area contributed by atoms with Gasteiger partial charge in [-0.2, -0.15) is 0 Å². The fourth-order valence-corrected chi connectivity index (χ4v) is 2.48. The van der Waals surface area contributed by atoms with Crippen molar-refractivity contribution in [3.8, 4) is 0 Å². The van der Waals surface area contributed by atoms with Crippen LogP contribution in [0.15, 0.2) is 35.8 Å². The van der Waals surface area contributed by atoms with Crippen LogP contribution in [0, 0.1) is 0 Å². The van der Waals surface area contributed by atoms with Gasteiger partial charge in [-0.05, 0) is 36.4 Å². The van der Waals surface area contributed by atoms with Crippen LogP contribution in [0.25, 0.3) is 0 Å². The van der Waals surface area contributed by atoms with Gasteiger partial charge in [0.2, 0.25) is 5.91 Å². The summed E-state index contributed by atoms with van der Waals surface area (Å²) in [7, 11) is 0. The van der Waals surface area contributed by atoms with Crippen LogP contribution in [0.3, 0.4) is 0 Å². The average Bonchev–Trinajstić information content (AvgIpc) is 3.07. The molecule has 2 aromatic rings. The maximum Gasteiger partial charge on any atom is 0.230 e. The second-order valence-corrected chi connectivity index (χ2v) is 5.69. The van der Waals surface area contributed by atoms with Gasteiger partial charge in [0.1, 0.15) is 5.82 Å². The van der Waals surface area contributed by atoms with Crippen molar-refractivity contribution in [1.29, 1.82) is 0 Å². The number of aromatic nitrogens is 1. The van der Waals surface area contributed by atoms with Crippen LogP contribution in [-0.2, 0) is 11.2 Å². The Bertz CT molecular complexity index is 547. The number of thiophene rings is 1. The van der Waals surface area contributed by atoms with Crippen molar-refractivity contribution in [2.75, 3.05) is 10.6 Å². The molecule has 1 aliphatic carbocycles. The van der Waals surface area contributed by atoms with Crippen molar-refractivity contribution < 1.29 is 4.79 Å². The van der Waals surface area contributed by atoms with Gasteiger partial charge >= 0.3 is 0 Å². The molecule has 0 aromatic carbocycles. The van der Waals surface area contributed by atoms with Crippen LogP contribution in [0.5, 0.6) is 0 Å². The van der Waals surface area contributed by atoms with E-state index in [-0.39, 0.29) is 5.91 Å². The number of rotatable bonds is 5. The number of carbonyl (C=O) groups is 1. The summed E-state index contributed by atoms with van der Waals surface area (Å²) in [6.45, 7) is 0. The molecule has 0 saturated heterocycles.